The first kappa shape index (κ1) is 10.7. The molecule has 0 aliphatic rings. The number of nitrogens with zero attached hydrogens (tertiary/aromatic N) is 2. The van der Waals surface area contributed by atoms with Crippen LogP contribution < -0.4 is 5.73 Å². The Morgan fingerprint density at radius 3 is 2.79 bits per heavy atom. The van der Waals surface area contributed by atoms with Gasteiger partial charge in [-0.1, -0.05) is 0 Å². The molecule has 5 heteroatoms. The van der Waals surface area contributed by atoms with Gasteiger partial charge in [0.1, 0.15) is 6.04 Å². The molecule has 1 heterocycles. The predicted octanol–water partition coefficient (Wildman–Crippen LogP) is 0.418. The quantitative estimate of drug-likeness (QED) is 0.732. The van der Waals surface area contributed by atoms with Crippen molar-refractivity contribution in [3.05, 3.63) is 18.0 Å². The second-order valence-corrected chi connectivity index (χ2v) is 3.53. The molecule has 1 atom stereocenters. The maximum Gasteiger partial charge on any atom is 0.320 e. The number of hydrogen-bond acceptors (Lipinski definition) is 3. The maximum atomic E-state index is 10.5. The van der Waals surface area contributed by atoms with Crippen LogP contribution in [0.15, 0.2) is 12.3 Å². The van der Waals surface area contributed by atoms with E-state index < -0.39 is 12.0 Å². The molecule has 0 unspecified atom stereocenters. The largest absolute Gasteiger partial charge is 0.480 e. The SMILES string of the molecule is CC(C)n1ccc(C[C@@H](N)C(=O)O)n1. The number of nitrogens with two attached hydrogens (primary N) is 1. The van der Waals surface area contributed by atoms with Crippen molar-refractivity contribution in [2.45, 2.75) is 32.4 Å². The van der Waals surface area contributed by atoms with Gasteiger partial charge >= 0.3 is 5.97 Å². The molecular formula is C9H15N3O2. The fourth-order valence-electron chi connectivity index (χ4n) is 1.09. The van der Waals surface area contributed by atoms with Gasteiger partial charge in [-0.05, 0) is 19.9 Å². The highest BCUT2D eigenvalue weighted by Crippen LogP contribution is 2.05. The van der Waals surface area contributed by atoms with Crippen molar-refractivity contribution < 1.29 is 9.90 Å². The molecule has 1 aromatic heterocycles. The first-order valence-electron chi connectivity index (χ1n) is 4.53. The molecule has 3 N–H and O–H groups in total. The van der Waals surface area contributed by atoms with Crippen molar-refractivity contribution in [2.24, 2.45) is 5.73 Å². The van der Waals surface area contributed by atoms with Crippen molar-refractivity contribution in [1.29, 1.82) is 0 Å². The number of hydrogen-bond donors (Lipinski definition) is 2. The van der Waals surface area contributed by atoms with Crippen molar-refractivity contribution in [2.75, 3.05) is 0 Å². The van der Waals surface area contributed by atoms with Crippen LogP contribution in [0.2, 0.25) is 0 Å². The van der Waals surface area contributed by atoms with Crippen LogP contribution in [0.5, 0.6) is 0 Å². The molecule has 0 spiro atoms. The minimum atomic E-state index is -0.996. The smallest absolute Gasteiger partial charge is 0.320 e. The third-order valence-corrected chi connectivity index (χ3v) is 1.94. The fraction of sp³-hybridized carbons (Fsp3) is 0.556. The summed E-state index contributed by atoms with van der Waals surface area (Å²) in [6, 6.07) is 1.21. The van der Waals surface area contributed by atoms with E-state index in [-0.39, 0.29) is 12.5 Å². The van der Waals surface area contributed by atoms with Crippen LogP contribution in [-0.2, 0) is 11.2 Å². The van der Waals surface area contributed by atoms with Gasteiger partial charge in [0.05, 0.1) is 5.69 Å². The summed E-state index contributed by atoms with van der Waals surface area (Å²) in [7, 11) is 0. The second-order valence-electron chi connectivity index (χ2n) is 3.53. The molecule has 78 valence electrons. The molecule has 0 amide bonds. The summed E-state index contributed by atoms with van der Waals surface area (Å²) in [6.45, 7) is 4.02. The minimum Gasteiger partial charge on any atom is -0.480 e. The van der Waals surface area contributed by atoms with E-state index in [2.05, 4.69) is 5.10 Å². The van der Waals surface area contributed by atoms with E-state index in [0.717, 1.165) is 0 Å². The highest BCUT2D eigenvalue weighted by Gasteiger charge is 2.13. The molecular weight excluding hydrogens is 182 g/mol. The highest BCUT2D eigenvalue weighted by atomic mass is 16.4. The minimum absolute atomic E-state index is 0.273. The molecule has 5 nitrogen and oxygen atoms in total. The Bertz CT molecular complexity index is 320. The van der Waals surface area contributed by atoms with Crippen LogP contribution in [0.4, 0.5) is 0 Å². The van der Waals surface area contributed by atoms with Crippen LogP contribution in [0.3, 0.4) is 0 Å². The summed E-state index contributed by atoms with van der Waals surface area (Å²) in [5, 5.41) is 12.8. The first-order valence-corrected chi connectivity index (χ1v) is 4.53. The molecule has 0 fully saturated rings. The Labute approximate surface area is 82.5 Å². The zero-order chi connectivity index (χ0) is 10.7. The fourth-order valence-corrected chi connectivity index (χ4v) is 1.09. The van der Waals surface area contributed by atoms with E-state index in [1.54, 1.807) is 10.7 Å². The molecule has 0 radical (unpaired) electrons. The van der Waals surface area contributed by atoms with Gasteiger partial charge in [-0.2, -0.15) is 5.10 Å². The van der Waals surface area contributed by atoms with Gasteiger partial charge in [0.2, 0.25) is 0 Å². The lowest BCUT2D eigenvalue weighted by molar-refractivity contribution is -0.138. The van der Waals surface area contributed by atoms with Gasteiger partial charge < -0.3 is 10.8 Å². The van der Waals surface area contributed by atoms with E-state index in [0.29, 0.717) is 5.69 Å². The average Bonchev–Trinajstić information content (AvgIpc) is 2.52. The summed E-state index contributed by atoms with van der Waals surface area (Å²) in [5.74, 6) is -0.996. The lowest BCUT2D eigenvalue weighted by Crippen LogP contribution is -2.32. The van der Waals surface area contributed by atoms with Gasteiger partial charge in [-0.25, -0.2) is 0 Å². The van der Waals surface area contributed by atoms with Gasteiger partial charge in [0, 0.05) is 18.7 Å². The standard InChI is InChI=1S/C9H15N3O2/c1-6(2)12-4-3-7(11-12)5-8(10)9(13)14/h3-4,6,8H,5,10H2,1-2H3,(H,13,14)/t8-/m1/s1. The first-order chi connectivity index (χ1) is 6.50. The Morgan fingerprint density at radius 2 is 2.36 bits per heavy atom. The molecule has 0 bridgehead atoms. The van der Waals surface area contributed by atoms with Crippen molar-refractivity contribution in [3.8, 4) is 0 Å². The zero-order valence-electron chi connectivity index (χ0n) is 8.34. The van der Waals surface area contributed by atoms with Crippen LogP contribution in [0.25, 0.3) is 0 Å². The molecule has 0 aromatic carbocycles. The molecule has 0 saturated carbocycles. The van der Waals surface area contributed by atoms with E-state index >= 15 is 0 Å². The molecule has 1 rings (SSSR count). The lowest BCUT2D eigenvalue weighted by atomic mass is 10.2. The molecule has 0 aliphatic carbocycles. The summed E-state index contributed by atoms with van der Waals surface area (Å²) in [5.41, 5.74) is 6.10. The van der Waals surface area contributed by atoms with E-state index in [1.807, 2.05) is 20.0 Å². The molecule has 1 aromatic rings. The Kier molecular flexibility index (Phi) is 3.24. The monoisotopic (exact) mass is 197 g/mol. The molecule has 14 heavy (non-hydrogen) atoms. The van der Waals surface area contributed by atoms with E-state index in [9.17, 15) is 4.79 Å². The van der Waals surface area contributed by atoms with Crippen LogP contribution >= 0.6 is 0 Å². The van der Waals surface area contributed by atoms with Gasteiger partial charge in [-0.3, -0.25) is 9.48 Å². The molecule has 0 aliphatic heterocycles. The van der Waals surface area contributed by atoms with Crippen molar-refractivity contribution in [3.63, 3.8) is 0 Å². The van der Waals surface area contributed by atoms with Crippen LogP contribution in [-0.4, -0.2) is 26.9 Å². The topological polar surface area (TPSA) is 81.1 Å². The number of aliphatic carboxylic acids is 1. The number of carboxylic acids is 1. The second kappa shape index (κ2) is 4.23. The summed E-state index contributed by atoms with van der Waals surface area (Å²) in [4.78, 5) is 10.5. The van der Waals surface area contributed by atoms with Gasteiger partial charge in [0.25, 0.3) is 0 Å². The van der Waals surface area contributed by atoms with Crippen LogP contribution in [0, 0.1) is 0 Å². The Morgan fingerprint density at radius 1 is 1.71 bits per heavy atom. The third kappa shape index (κ3) is 2.56. The summed E-state index contributed by atoms with van der Waals surface area (Å²) >= 11 is 0. The summed E-state index contributed by atoms with van der Waals surface area (Å²) < 4.78 is 1.78. The van der Waals surface area contributed by atoms with Gasteiger partial charge in [0.15, 0.2) is 0 Å². The average molecular weight is 197 g/mol. The van der Waals surface area contributed by atoms with Crippen molar-refractivity contribution >= 4 is 5.97 Å². The third-order valence-electron chi connectivity index (χ3n) is 1.94. The lowest BCUT2D eigenvalue weighted by Gasteiger charge is -2.05. The maximum absolute atomic E-state index is 10.5. The Balaban J connectivity index is 2.64. The molecule has 0 saturated heterocycles. The van der Waals surface area contributed by atoms with Gasteiger partial charge in [-0.15, -0.1) is 0 Å². The predicted molar refractivity (Wildman–Crippen MR) is 51.9 cm³/mol. The number of carbonyl (C=O) groups is 1. The van der Waals surface area contributed by atoms with E-state index in [4.69, 9.17) is 10.8 Å². The van der Waals surface area contributed by atoms with E-state index in [1.165, 1.54) is 0 Å². The zero-order valence-corrected chi connectivity index (χ0v) is 8.34. The highest BCUT2D eigenvalue weighted by molar-refractivity contribution is 5.73. The normalized spacial score (nSPS) is 13.1. The van der Waals surface area contributed by atoms with Crippen molar-refractivity contribution in [1.82, 2.24) is 9.78 Å². The number of aromatic nitrogens is 2. The number of rotatable bonds is 4. The van der Waals surface area contributed by atoms with Crippen LogP contribution in [0.1, 0.15) is 25.6 Å². The number of carboxylic acid groups (broad SMARTS) is 1. The Hall–Kier alpha value is -1.36. The summed E-state index contributed by atoms with van der Waals surface area (Å²) in [6.07, 6.45) is 2.10.